The zero-order chi connectivity index (χ0) is 12.1. The number of nitrogens with one attached hydrogen (secondary N) is 1. The molecule has 2 rings (SSSR count). The van der Waals surface area contributed by atoms with Crippen LogP contribution in [0.1, 0.15) is 10.4 Å². The van der Waals surface area contributed by atoms with Gasteiger partial charge in [0.1, 0.15) is 11.5 Å². The Hall–Kier alpha value is -2.04. The maximum atomic E-state index is 11.2. The summed E-state index contributed by atoms with van der Waals surface area (Å²) < 4.78 is 5.58. The summed E-state index contributed by atoms with van der Waals surface area (Å²) in [5.41, 5.74) is 2.56. The molecule has 0 aliphatic heterocycles. The zero-order valence-corrected chi connectivity index (χ0v) is 10.3. The molecule has 0 aliphatic rings. The van der Waals surface area contributed by atoms with Gasteiger partial charge < -0.3 is 4.74 Å². The van der Waals surface area contributed by atoms with Crippen LogP contribution >= 0.6 is 12.4 Å². The molecule has 0 saturated carbocycles. The minimum absolute atomic E-state index is 0. The molecule has 0 aliphatic carbocycles. The van der Waals surface area contributed by atoms with Crippen molar-refractivity contribution in [3.05, 3.63) is 60.2 Å². The molecule has 2 aromatic rings. The minimum Gasteiger partial charge on any atom is -0.457 e. The molecule has 3 N–H and O–H groups in total. The number of nitrogens with two attached hydrogens (primary N) is 1. The van der Waals surface area contributed by atoms with Crippen LogP contribution in [-0.4, -0.2) is 5.91 Å². The molecule has 0 fully saturated rings. The highest BCUT2D eigenvalue weighted by molar-refractivity contribution is 5.93. The number of hydrogen-bond donors (Lipinski definition) is 2. The Morgan fingerprint density at radius 3 is 2.06 bits per heavy atom. The maximum absolute atomic E-state index is 11.2. The summed E-state index contributed by atoms with van der Waals surface area (Å²) >= 11 is 0. The average Bonchev–Trinajstić information content (AvgIpc) is 2.40. The number of benzene rings is 2. The number of carbonyl (C=O) groups is 1. The molecule has 0 heterocycles. The van der Waals surface area contributed by atoms with Crippen LogP contribution in [0.15, 0.2) is 54.6 Å². The Balaban J connectivity index is 0.00000162. The Kier molecular flexibility index (Phi) is 5.17. The molecule has 0 spiro atoms. The largest absolute Gasteiger partial charge is 0.457 e. The number of halogens is 1. The Morgan fingerprint density at radius 2 is 1.50 bits per heavy atom. The third-order valence-corrected chi connectivity index (χ3v) is 2.23. The summed E-state index contributed by atoms with van der Waals surface area (Å²) in [5, 5.41) is 0. The number of ether oxygens (including phenoxy) is 1. The SMILES string of the molecule is Cl.NNC(=O)c1ccc(Oc2ccccc2)cc1. The van der Waals surface area contributed by atoms with Crippen molar-refractivity contribution in [2.75, 3.05) is 0 Å². The second-order valence-corrected chi connectivity index (χ2v) is 3.41. The molecule has 0 radical (unpaired) electrons. The normalized spacial score (nSPS) is 9.17. The number of amides is 1. The zero-order valence-electron chi connectivity index (χ0n) is 9.50. The molecule has 0 aromatic heterocycles. The number of hydrogen-bond acceptors (Lipinski definition) is 3. The third-order valence-electron chi connectivity index (χ3n) is 2.23. The van der Waals surface area contributed by atoms with E-state index in [1.165, 1.54) is 0 Å². The van der Waals surface area contributed by atoms with Crippen LogP contribution in [0.3, 0.4) is 0 Å². The first-order valence-corrected chi connectivity index (χ1v) is 5.13. The number of para-hydroxylation sites is 1. The highest BCUT2D eigenvalue weighted by Gasteiger charge is 2.03. The molecule has 2 aromatic carbocycles. The minimum atomic E-state index is -0.323. The van der Waals surface area contributed by atoms with Crippen LogP contribution in [0.4, 0.5) is 0 Å². The third kappa shape index (κ3) is 3.48. The molecule has 0 unspecified atom stereocenters. The van der Waals surface area contributed by atoms with Gasteiger partial charge in [-0.15, -0.1) is 12.4 Å². The van der Waals surface area contributed by atoms with Crippen LogP contribution in [0.25, 0.3) is 0 Å². The standard InChI is InChI=1S/C13H12N2O2.ClH/c14-15-13(16)10-6-8-12(9-7-10)17-11-4-2-1-3-5-11;/h1-9H,14H2,(H,15,16);1H. The van der Waals surface area contributed by atoms with Gasteiger partial charge in [-0.25, -0.2) is 5.84 Å². The predicted molar refractivity (Wildman–Crippen MR) is 71.9 cm³/mol. The molecule has 0 atom stereocenters. The van der Waals surface area contributed by atoms with Gasteiger partial charge in [0.15, 0.2) is 0 Å². The molecule has 18 heavy (non-hydrogen) atoms. The fourth-order valence-electron chi connectivity index (χ4n) is 1.38. The number of hydrazine groups is 1. The Morgan fingerprint density at radius 1 is 0.944 bits per heavy atom. The summed E-state index contributed by atoms with van der Waals surface area (Å²) in [6.07, 6.45) is 0. The molecule has 4 nitrogen and oxygen atoms in total. The van der Waals surface area contributed by atoms with Gasteiger partial charge >= 0.3 is 0 Å². The first-order chi connectivity index (χ1) is 8.29. The summed E-state index contributed by atoms with van der Waals surface area (Å²) in [5.74, 6) is 6.14. The number of nitrogen functional groups attached to an aromatic ring is 1. The molecule has 0 saturated heterocycles. The molecular weight excluding hydrogens is 252 g/mol. The Labute approximate surface area is 111 Å². The van der Waals surface area contributed by atoms with E-state index in [4.69, 9.17) is 10.6 Å². The van der Waals surface area contributed by atoms with Gasteiger partial charge in [-0.2, -0.15) is 0 Å². The van der Waals surface area contributed by atoms with E-state index < -0.39 is 0 Å². The second-order valence-electron chi connectivity index (χ2n) is 3.41. The molecule has 0 bridgehead atoms. The maximum Gasteiger partial charge on any atom is 0.265 e. The fraction of sp³-hybridized carbons (Fsp3) is 0. The first-order valence-electron chi connectivity index (χ1n) is 5.13. The monoisotopic (exact) mass is 264 g/mol. The summed E-state index contributed by atoms with van der Waals surface area (Å²) in [7, 11) is 0. The highest BCUT2D eigenvalue weighted by Crippen LogP contribution is 2.20. The van der Waals surface area contributed by atoms with Gasteiger partial charge in [0.05, 0.1) is 0 Å². The van der Waals surface area contributed by atoms with Gasteiger partial charge in [0.25, 0.3) is 5.91 Å². The van der Waals surface area contributed by atoms with Crippen LogP contribution < -0.4 is 16.0 Å². The van der Waals surface area contributed by atoms with Gasteiger partial charge in [0.2, 0.25) is 0 Å². The van der Waals surface area contributed by atoms with Crippen LogP contribution in [0.5, 0.6) is 11.5 Å². The lowest BCUT2D eigenvalue weighted by molar-refractivity contribution is 0.0953. The molecule has 1 amide bonds. The number of carbonyl (C=O) groups excluding carboxylic acids is 1. The van der Waals surface area contributed by atoms with E-state index in [0.717, 1.165) is 5.75 Å². The van der Waals surface area contributed by atoms with Crippen molar-refractivity contribution in [2.45, 2.75) is 0 Å². The highest BCUT2D eigenvalue weighted by atomic mass is 35.5. The van der Waals surface area contributed by atoms with Crippen molar-refractivity contribution in [1.82, 2.24) is 5.43 Å². The Bertz CT molecular complexity index is 500. The summed E-state index contributed by atoms with van der Waals surface area (Å²) in [6, 6.07) is 16.2. The lowest BCUT2D eigenvalue weighted by Crippen LogP contribution is -2.29. The lowest BCUT2D eigenvalue weighted by atomic mass is 10.2. The van der Waals surface area contributed by atoms with E-state index in [9.17, 15) is 4.79 Å². The topological polar surface area (TPSA) is 64.3 Å². The average molecular weight is 265 g/mol. The van der Waals surface area contributed by atoms with Gasteiger partial charge in [-0.05, 0) is 36.4 Å². The van der Waals surface area contributed by atoms with Crippen LogP contribution in [0, 0.1) is 0 Å². The van der Waals surface area contributed by atoms with E-state index >= 15 is 0 Å². The summed E-state index contributed by atoms with van der Waals surface area (Å²) in [4.78, 5) is 11.2. The quantitative estimate of drug-likeness (QED) is 0.509. The molecule has 5 heteroatoms. The van der Waals surface area contributed by atoms with E-state index in [1.807, 2.05) is 30.3 Å². The van der Waals surface area contributed by atoms with E-state index in [-0.39, 0.29) is 18.3 Å². The van der Waals surface area contributed by atoms with Crippen molar-refractivity contribution in [2.24, 2.45) is 5.84 Å². The number of rotatable bonds is 3. The van der Waals surface area contributed by atoms with Crippen molar-refractivity contribution >= 4 is 18.3 Å². The van der Waals surface area contributed by atoms with Crippen LogP contribution in [0.2, 0.25) is 0 Å². The smallest absolute Gasteiger partial charge is 0.265 e. The van der Waals surface area contributed by atoms with E-state index in [2.05, 4.69) is 5.43 Å². The van der Waals surface area contributed by atoms with Crippen molar-refractivity contribution < 1.29 is 9.53 Å². The second kappa shape index (κ2) is 6.64. The molecule has 94 valence electrons. The van der Waals surface area contributed by atoms with E-state index in [0.29, 0.717) is 11.3 Å². The fourth-order valence-corrected chi connectivity index (χ4v) is 1.38. The van der Waals surface area contributed by atoms with Crippen molar-refractivity contribution in [3.63, 3.8) is 0 Å². The van der Waals surface area contributed by atoms with Gasteiger partial charge in [-0.1, -0.05) is 18.2 Å². The van der Waals surface area contributed by atoms with Crippen LogP contribution in [-0.2, 0) is 0 Å². The predicted octanol–water partition coefficient (Wildman–Crippen LogP) is 2.50. The lowest BCUT2D eigenvalue weighted by Gasteiger charge is -2.05. The van der Waals surface area contributed by atoms with E-state index in [1.54, 1.807) is 24.3 Å². The van der Waals surface area contributed by atoms with Crippen molar-refractivity contribution in [3.8, 4) is 11.5 Å². The molecular formula is C13H13ClN2O2. The first kappa shape index (κ1) is 14.0. The van der Waals surface area contributed by atoms with Crippen molar-refractivity contribution in [1.29, 1.82) is 0 Å². The van der Waals surface area contributed by atoms with Gasteiger partial charge in [-0.3, -0.25) is 10.2 Å². The van der Waals surface area contributed by atoms with Gasteiger partial charge in [0, 0.05) is 5.56 Å². The summed E-state index contributed by atoms with van der Waals surface area (Å²) in [6.45, 7) is 0.